The summed E-state index contributed by atoms with van der Waals surface area (Å²) >= 11 is 0. The Labute approximate surface area is 615 Å². The topological polar surface area (TPSA) is 667 Å². The summed E-state index contributed by atoms with van der Waals surface area (Å²) in [5.41, 5.74) is 40.1. The monoisotopic (exact) mass is 1500 g/mol. The average molecular weight is 1500 g/mol. The molecule has 107 heavy (non-hydrogen) atoms. The van der Waals surface area contributed by atoms with Crippen LogP contribution in [0.4, 0.5) is 0 Å². The molecule has 27 N–H and O–H groups in total. The van der Waals surface area contributed by atoms with Gasteiger partial charge in [0.15, 0.2) is 5.96 Å². The molecule has 2 fully saturated rings. The number of primary amides is 4. The largest absolute Gasteiger partial charge is 0.480 e. The fourth-order valence-corrected chi connectivity index (χ4v) is 12.3. The van der Waals surface area contributed by atoms with E-state index in [1.165, 1.54) is 17.4 Å². The van der Waals surface area contributed by atoms with E-state index in [0.29, 0.717) is 28.6 Å². The average Bonchev–Trinajstić information content (AvgIpc) is 1.74. The number of H-pyrrole nitrogens is 2. The van der Waals surface area contributed by atoms with Crippen molar-refractivity contribution in [2.75, 3.05) is 26.2 Å². The Morgan fingerprint density at radius 3 is 1.57 bits per heavy atom. The number of nitrogens with two attached hydrogens (primary N) is 7. The van der Waals surface area contributed by atoms with E-state index < -0.39 is 218 Å². The third-order valence-corrected chi connectivity index (χ3v) is 18.2. The summed E-state index contributed by atoms with van der Waals surface area (Å²) in [5.74, 6) is -16.8. The molecule has 4 heterocycles. The molecular weight excluding hydrogens is 1400 g/mol. The lowest BCUT2D eigenvalue weighted by Crippen LogP contribution is -2.61. The SMILES string of the molecule is CC[C@H](C)[C@H](NC(=O)[C@H](Cc1c[nH]c2ccccc12)NC(=O)[C@H](CCC(N)=O)NC(=O)[C@H](CC(N)=O)NC(=O)[C@@H](N)CO)C(=O)N[C@@H](CCC(N)=O)C(=O)N1CCC[C@H]1C(=O)N[C@@H](CCCN=C(N)N)C(=O)N[C@@H](CC(C)C)C(=O)N1CCC[C@H]1C(=O)N[C@@H](CCC(N)=O)C(=O)N[C@@H](Cc1cnc[nH]1)C(=O)O. The molecule has 588 valence electrons. The van der Waals surface area contributed by atoms with Crippen molar-refractivity contribution < 1.29 is 86.9 Å². The number of fused-ring (bicyclic) bond motifs is 1. The number of aromatic amines is 2. The second kappa shape index (κ2) is 42.0. The van der Waals surface area contributed by atoms with Crippen LogP contribution in [-0.2, 0) is 89.6 Å². The Kier molecular flexibility index (Phi) is 33.9. The zero-order chi connectivity index (χ0) is 79.4. The number of aliphatic hydroxyl groups is 1. The van der Waals surface area contributed by atoms with E-state index in [1.807, 2.05) is 0 Å². The summed E-state index contributed by atoms with van der Waals surface area (Å²) in [6.07, 6.45) is 1.06. The summed E-state index contributed by atoms with van der Waals surface area (Å²) in [7, 11) is 0. The first-order valence-corrected chi connectivity index (χ1v) is 35.3. The Balaban J connectivity index is 1.40. The maximum absolute atomic E-state index is 15.0. The molecular formula is C67H102N22O18. The molecule has 15 amide bonds. The molecule has 2 aliphatic rings. The molecule has 40 nitrogen and oxygen atoms in total. The molecule has 2 saturated heterocycles. The zero-order valence-electron chi connectivity index (χ0n) is 60.2. The van der Waals surface area contributed by atoms with Gasteiger partial charge in [-0.05, 0) is 87.7 Å². The van der Waals surface area contributed by atoms with Gasteiger partial charge in [-0.2, -0.15) is 0 Å². The molecule has 0 bridgehead atoms. The van der Waals surface area contributed by atoms with E-state index in [-0.39, 0.29) is 95.7 Å². The Bertz CT molecular complexity index is 3690. The van der Waals surface area contributed by atoms with Gasteiger partial charge >= 0.3 is 5.97 Å². The van der Waals surface area contributed by atoms with E-state index in [1.54, 1.807) is 58.2 Å². The van der Waals surface area contributed by atoms with Gasteiger partial charge in [0, 0.05) is 80.7 Å². The number of nitrogens with one attached hydrogen (secondary N) is 11. The van der Waals surface area contributed by atoms with Gasteiger partial charge in [-0.1, -0.05) is 52.3 Å². The van der Waals surface area contributed by atoms with Crippen molar-refractivity contribution >= 4 is 111 Å². The van der Waals surface area contributed by atoms with Crippen LogP contribution >= 0.6 is 0 Å². The van der Waals surface area contributed by atoms with Crippen molar-refractivity contribution in [2.45, 2.75) is 209 Å². The van der Waals surface area contributed by atoms with Crippen LogP contribution in [0.5, 0.6) is 0 Å². The summed E-state index contributed by atoms with van der Waals surface area (Å²) in [6.45, 7) is 5.88. The van der Waals surface area contributed by atoms with E-state index >= 15 is 0 Å². The fourth-order valence-electron chi connectivity index (χ4n) is 12.3. The van der Waals surface area contributed by atoms with Crippen LogP contribution in [-0.4, -0.2) is 234 Å². The summed E-state index contributed by atoms with van der Waals surface area (Å²) in [4.78, 5) is 235. The number of carboxylic acid groups (broad SMARTS) is 1. The van der Waals surface area contributed by atoms with Crippen molar-refractivity contribution in [3.05, 3.63) is 54.2 Å². The van der Waals surface area contributed by atoms with Gasteiger partial charge in [0.1, 0.15) is 72.5 Å². The van der Waals surface area contributed by atoms with Gasteiger partial charge in [0.2, 0.25) is 88.6 Å². The van der Waals surface area contributed by atoms with Crippen LogP contribution in [0, 0.1) is 11.8 Å². The van der Waals surface area contributed by atoms with Gasteiger partial charge < -0.3 is 118 Å². The Hall–Kier alpha value is -11.3. The van der Waals surface area contributed by atoms with Gasteiger partial charge in [-0.3, -0.25) is 76.9 Å². The Morgan fingerprint density at radius 2 is 1.06 bits per heavy atom. The van der Waals surface area contributed by atoms with Crippen molar-refractivity contribution in [3.63, 3.8) is 0 Å². The predicted molar refractivity (Wildman–Crippen MR) is 382 cm³/mol. The highest BCUT2D eigenvalue weighted by Crippen LogP contribution is 2.25. The van der Waals surface area contributed by atoms with Crippen molar-refractivity contribution in [1.82, 2.24) is 72.6 Å². The molecule has 0 saturated carbocycles. The molecule has 0 aliphatic carbocycles. The lowest BCUT2D eigenvalue weighted by molar-refractivity contribution is -0.144. The van der Waals surface area contributed by atoms with Crippen LogP contribution < -0.4 is 88.0 Å². The van der Waals surface area contributed by atoms with Crippen LogP contribution in [0.3, 0.4) is 0 Å². The first kappa shape index (κ1) is 86.3. The Morgan fingerprint density at radius 1 is 0.570 bits per heavy atom. The van der Waals surface area contributed by atoms with Crippen LogP contribution in [0.1, 0.15) is 135 Å². The van der Waals surface area contributed by atoms with Gasteiger partial charge in [0.05, 0.1) is 19.4 Å². The number of amides is 15. The number of aliphatic hydroxyl groups excluding tert-OH is 1. The third kappa shape index (κ3) is 27.0. The van der Waals surface area contributed by atoms with Gasteiger partial charge in [-0.25, -0.2) is 9.78 Å². The number of nitrogens with zero attached hydrogens (tertiary/aromatic N) is 4. The number of rotatable bonds is 45. The van der Waals surface area contributed by atoms with Crippen LogP contribution in [0.2, 0.25) is 0 Å². The molecule has 13 atom stereocenters. The van der Waals surface area contributed by atoms with Gasteiger partial charge in [-0.15, -0.1) is 0 Å². The number of aliphatic carboxylic acids is 1. The number of hydrogen-bond donors (Lipinski definition) is 20. The normalized spacial score (nSPS) is 17.1. The molecule has 0 spiro atoms. The minimum Gasteiger partial charge on any atom is -0.480 e. The molecule has 2 aromatic heterocycles. The number of guanidine groups is 1. The second-order valence-corrected chi connectivity index (χ2v) is 27.0. The third-order valence-electron chi connectivity index (χ3n) is 18.2. The van der Waals surface area contributed by atoms with Crippen LogP contribution in [0.15, 0.2) is 48.0 Å². The van der Waals surface area contributed by atoms with E-state index in [4.69, 9.17) is 40.1 Å². The number of carboxylic acids is 1. The molecule has 2 aliphatic heterocycles. The van der Waals surface area contributed by atoms with Crippen molar-refractivity contribution in [2.24, 2.45) is 57.0 Å². The van der Waals surface area contributed by atoms with Crippen molar-refractivity contribution in [1.29, 1.82) is 0 Å². The van der Waals surface area contributed by atoms with E-state index in [0.717, 1.165) is 4.90 Å². The lowest BCUT2D eigenvalue weighted by Gasteiger charge is -2.32. The summed E-state index contributed by atoms with van der Waals surface area (Å²) < 4.78 is 0. The quantitative estimate of drug-likeness (QED) is 0.0142. The summed E-state index contributed by atoms with van der Waals surface area (Å²) in [6, 6.07) is -11.1. The number of aromatic nitrogens is 3. The number of likely N-dealkylation sites (tertiary alicyclic amines) is 2. The number of hydrogen-bond acceptors (Lipinski definition) is 20. The minimum atomic E-state index is -1.75. The van der Waals surface area contributed by atoms with E-state index in [2.05, 4.69) is 67.8 Å². The lowest BCUT2D eigenvalue weighted by atomic mass is 9.96. The maximum atomic E-state index is 15.0. The molecule has 3 aromatic rings. The molecule has 1 aromatic carbocycles. The smallest absolute Gasteiger partial charge is 0.326 e. The zero-order valence-corrected chi connectivity index (χ0v) is 60.2. The first-order valence-electron chi connectivity index (χ1n) is 35.3. The maximum Gasteiger partial charge on any atom is 0.326 e. The number of carbonyl (C=O) groups is 16. The highest BCUT2D eigenvalue weighted by Gasteiger charge is 2.44. The molecule has 5 rings (SSSR count). The number of imidazole rings is 1. The van der Waals surface area contributed by atoms with Gasteiger partial charge in [0.25, 0.3) is 0 Å². The summed E-state index contributed by atoms with van der Waals surface area (Å²) in [5, 5.41) is 42.9. The standard InChI is InChI=1S/C67H102N22O18/c1-5-34(4)54(87-60(100)44(26-35-29-77-39-12-7-6-11-37(35)39)84-57(97)41(16-19-50(69)91)79-59(99)45(28-53(72)94)83-55(95)38(68)31-90)63(103)82-43(18-21-52(71)93)64(104)88-23-9-14-48(88)61(101)80-40(13-8-22-76-67(73)74)56(96)85-46(25-33(2)3)65(105)89-24-10-15-49(89)62(102)81-42(17-20-51(70)92)58(98)86-47(66(106)107)27-36-30-75-32-78-36/h6-7,11-12,29-30,32-34,38,40-49,54,77,90H,5,8-10,13-28,31,68H2,1-4H3,(H2,69,91)(H2,70,92)(H2,71,93)(H2,72,94)(H,75,78)(H,79,99)(H,80,101)(H,81,102)(H,82,103)(H,83,95)(H,84,97)(H,85,96)(H,86,98)(H,87,100)(H,106,107)(H4,73,74,76)/t34-,38-,40-,41-,42-,43-,44-,45-,46-,47-,48-,49-,54-/m0/s1. The number of aliphatic imine (C=N–C) groups is 1. The number of benzene rings is 1. The molecule has 0 radical (unpaired) electrons. The minimum absolute atomic E-state index is 0.00552. The van der Waals surface area contributed by atoms with E-state index in [9.17, 15) is 86.9 Å². The van der Waals surface area contributed by atoms with Crippen molar-refractivity contribution in [3.8, 4) is 0 Å². The predicted octanol–water partition coefficient (Wildman–Crippen LogP) is -6.76. The first-order chi connectivity index (χ1) is 50.6. The van der Waals surface area contributed by atoms with Crippen LogP contribution in [0.25, 0.3) is 10.9 Å². The molecule has 40 heteroatoms. The number of carbonyl (C=O) groups excluding carboxylic acids is 15. The highest BCUT2D eigenvalue weighted by molar-refractivity contribution is 6.01. The molecule has 0 unspecified atom stereocenters. The number of para-hydroxylation sites is 1. The highest BCUT2D eigenvalue weighted by atomic mass is 16.4. The second-order valence-electron chi connectivity index (χ2n) is 27.0. The fraction of sp³-hybridized carbons (Fsp3) is 0.582.